The molecule has 0 saturated heterocycles. The summed E-state index contributed by atoms with van der Waals surface area (Å²) >= 11 is 6.85. The lowest BCUT2D eigenvalue weighted by Gasteiger charge is -2.04. The first-order chi connectivity index (χ1) is 10.5. The van der Waals surface area contributed by atoms with Gasteiger partial charge in [-0.1, -0.05) is 29.8 Å². The third-order valence-electron chi connectivity index (χ3n) is 3.48. The summed E-state index contributed by atoms with van der Waals surface area (Å²) in [6.07, 6.45) is 2.68. The topological polar surface area (TPSA) is 51.1 Å². The van der Waals surface area contributed by atoms with Crippen LogP contribution in [0.4, 0.5) is 0 Å². The first kappa shape index (κ1) is 15.6. The minimum Gasteiger partial charge on any atom is -0.350 e. The maximum atomic E-state index is 12.1. The Kier molecular flexibility index (Phi) is 4.27. The van der Waals surface area contributed by atoms with Gasteiger partial charge < -0.3 is 4.57 Å². The molecule has 0 radical (unpaired) electrons. The molecule has 2 heterocycles. The third kappa shape index (κ3) is 3.05. The lowest BCUT2D eigenvalue weighted by Crippen LogP contribution is -2.25. The summed E-state index contributed by atoms with van der Waals surface area (Å²) in [7, 11) is -1.49. The van der Waals surface area contributed by atoms with Crippen molar-refractivity contribution in [2.45, 2.75) is 10.6 Å². The van der Waals surface area contributed by atoms with Gasteiger partial charge in [-0.05, 0) is 30.2 Å². The number of rotatable bonds is 5. The van der Waals surface area contributed by atoms with Crippen molar-refractivity contribution in [2.75, 3.05) is 6.54 Å². The summed E-state index contributed by atoms with van der Waals surface area (Å²) in [5, 5.41) is 1.16. The van der Waals surface area contributed by atoms with E-state index in [4.69, 9.17) is 11.6 Å². The summed E-state index contributed by atoms with van der Waals surface area (Å²) in [6, 6.07) is 11.2. The Hall–Kier alpha value is -1.34. The summed E-state index contributed by atoms with van der Waals surface area (Å²) in [4.78, 5) is 0. The van der Waals surface area contributed by atoms with E-state index in [1.54, 1.807) is 6.07 Å². The molecular weight excluding hydrogens is 340 g/mol. The number of sulfonamides is 1. The molecule has 2 aromatic heterocycles. The van der Waals surface area contributed by atoms with Crippen LogP contribution < -0.4 is 4.72 Å². The molecule has 0 aliphatic carbocycles. The number of benzene rings is 1. The highest BCUT2D eigenvalue weighted by molar-refractivity contribution is 7.91. The van der Waals surface area contributed by atoms with Gasteiger partial charge in [0, 0.05) is 30.7 Å². The molecule has 3 rings (SSSR count). The van der Waals surface area contributed by atoms with Gasteiger partial charge in [0.1, 0.15) is 4.21 Å². The molecule has 0 aliphatic heterocycles. The van der Waals surface area contributed by atoms with Crippen molar-refractivity contribution in [3.8, 4) is 0 Å². The normalized spacial score (nSPS) is 12.1. The average Bonchev–Trinajstić information content (AvgIpc) is 3.05. The van der Waals surface area contributed by atoms with Gasteiger partial charge >= 0.3 is 0 Å². The highest BCUT2D eigenvalue weighted by atomic mass is 35.5. The van der Waals surface area contributed by atoms with Crippen LogP contribution in [-0.2, 0) is 23.5 Å². The molecule has 0 bridgehead atoms. The van der Waals surface area contributed by atoms with Gasteiger partial charge in [-0.3, -0.25) is 0 Å². The van der Waals surface area contributed by atoms with Gasteiger partial charge in [0.15, 0.2) is 0 Å². The Morgan fingerprint density at radius 2 is 2.00 bits per heavy atom. The van der Waals surface area contributed by atoms with Gasteiger partial charge in [0.05, 0.1) is 4.34 Å². The van der Waals surface area contributed by atoms with Crippen LogP contribution >= 0.6 is 22.9 Å². The standard InChI is InChI=1S/C15H15ClN2O2S2/c1-18-10-11(12-4-2-3-5-13(12)18)8-9-17-22(19,20)15-7-6-14(16)21-15/h2-7,10,17H,8-9H2,1H3. The van der Waals surface area contributed by atoms with E-state index in [-0.39, 0.29) is 4.21 Å². The van der Waals surface area contributed by atoms with E-state index in [0.717, 1.165) is 27.8 Å². The second-order valence-corrected chi connectivity index (χ2v) is 8.70. The highest BCUT2D eigenvalue weighted by Crippen LogP contribution is 2.25. The quantitative estimate of drug-likeness (QED) is 0.763. The number of nitrogens with zero attached hydrogens (tertiary/aromatic N) is 1. The number of thiophene rings is 1. The molecule has 4 nitrogen and oxygen atoms in total. The van der Waals surface area contributed by atoms with Crippen molar-refractivity contribution >= 4 is 43.9 Å². The second kappa shape index (κ2) is 6.04. The summed E-state index contributed by atoms with van der Waals surface area (Å²) in [6.45, 7) is 0.353. The van der Waals surface area contributed by atoms with Gasteiger partial charge in [0.2, 0.25) is 10.0 Å². The molecule has 0 atom stereocenters. The van der Waals surface area contributed by atoms with Crippen LogP contribution in [0, 0.1) is 0 Å². The summed E-state index contributed by atoms with van der Waals surface area (Å²) in [5.41, 5.74) is 2.27. The van der Waals surface area contributed by atoms with E-state index >= 15 is 0 Å². The van der Waals surface area contributed by atoms with E-state index in [9.17, 15) is 8.42 Å². The van der Waals surface area contributed by atoms with Crippen molar-refractivity contribution in [1.82, 2.24) is 9.29 Å². The Bertz CT molecular complexity index is 913. The summed E-state index contributed by atoms with van der Waals surface area (Å²) < 4.78 is 29.7. The molecule has 7 heteroatoms. The molecule has 22 heavy (non-hydrogen) atoms. The largest absolute Gasteiger partial charge is 0.350 e. The molecule has 1 N–H and O–H groups in total. The van der Waals surface area contributed by atoms with Gasteiger partial charge in [-0.2, -0.15) is 0 Å². The number of hydrogen-bond acceptors (Lipinski definition) is 3. The predicted molar refractivity (Wildman–Crippen MR) is 91.1 cm³/mol. The van der Waals surface area contributed by atoms with Crippen LogP contribution in [0.2, 0.25) is 4.34 Å². The van der Waals surface area contributed by atoms with Crippen molar-refractivity contribution in [2.24, 2.45) is 7.05 Å². The Balaban J connectivity index is 1.72. The monoisotopic (exact) mass is 354 g/mol. The number of halogens is 1. The van der Waals surface area contributed by atoms with E-state index in [2.05, 4.69) is 21.4 Å². The Labute approximate surface area is 138 Å². The Morgan fingerprint density at radius 1 is 1.23 bits per heavy atom. The lowest BCUT2D eigenvalue weighted by molar-refractivity contribution is 0.584. The number of fused-ring (bicyclic) bond motifs is 1. The number of para-hydroxylation sites is 1. The maximum Gasteiger partial charge on any atom is 0.250 e. The zero-order valence-corrected chi connectivity index (χ0v) is 14.3. The fraction of sp³-hybridized carbons (Fsp3) is 0.200. The minimum atomic E-state index is -3.48. The van der Waals surface area contributed by atoms with Crippen LogP contribution in [-0.4, -0.2) is 19.5 Å². The predicted octanol–water partition coefficient (Wildman–Crippen LogP) is 3.41. The van der Waals surface area contributed by atoms with Gasteiger partial charge in [-0.15, -0.1) is 11.3 Å². The number of aryl methyl sites for hydroxylation is 1. The van der Waals surface area contributed by atoms with Crippen molar-refractivity contribution in [1.29, 1.82) is 0 Å². The molecule has 0 aliphatic rings. The van der Waals surface area contributed by atoms with Crippen LogP contribution in [0.5, 0.6) is 0 Å². The molecule has 0 fully saturated rings. The van der Waals surface area contributed by atoms with Crippen LogP contribution in [0.1, 0.15) is 5.56 Å². The van der Waals surface area contributed by atoms with E-state index < -0.39 is 10.0 Å². The SMILES string of the molecule is Cn1cc(CCNS(=O)(=O)c2ccc(Cl)s2)c2ccccc21. The summed E-state index contributed by atoms with van der Waals surface area (Å²) in [5.74, 6) is 0. The van der Waals surface area contributed by atoms with Crippen molar-refractivity contribution in [3.05, 3.63) is 52.5 Å². The maximum absolute atomic E-state index is 12.1. The Morgan fingerprint density at radius 3 is 2.73 bits per heavy atom. The van der Waals surface area contributed by atoms with Gasteiger partial charge in [-0.25, -0.2) is 13.1 Å². The molecule has 0 spiro atoms. The number of nitrogens with one attached hydrogen (secondary N) is 1. The average molecular weight is 355 g/mol. The van der Waals surface area contributed by atoms with Crippen LogP contribution in [0.3, 0.4) is 0 Å². The molecule has 0 unspecified atom stereocenters. The third-order valence-corrected chi connectivity index (χ3v) is 6.66. The van der Waals surface area contributed by atoms with Gasteiger partial charge in [0.25, 0.3) is 0 Å². The molecular formula is C15H15ClN2O2S2. The van der Waals surface area contributed by atoms with E-state index in [1.807, 2.05) is 25.4 Å². The smallest absolute Gasteiger partial charge is 0.250 e. The second-order valence-electron chi connectivity index (χ2n) is 4.99. The van der Waals surface area contributed by atoms with Crippen molar-refractivity contribution < 1.29 is 8.42 Å². The number of hydrogen-bond donors (Lipinski definition) is 1. The van der Waals surface area contributed by atoms with Crippen molar-refractivity contribution in [3.63, 3.8) is 0 Å². The lowest BCUT2D eigenvalue weighted by atomic mass is 10.1. The molecule has 3 aromatic rings. The van der Waals surface area contributed by atoms with E-state index in [0.29, 0.717) is 17.3 Å². The number of aromatic nitrogens is 1. The minimum absolute atomic E-state index is 0.246. The zero-order valence-electron chi connectivity index (χ0n) is 11.9. The van der Waals surface area contributed by atoms with E-state index in [1.165, 1.54) is 6.07 Å². The molecule has 1 aromatic carbocycles. The molecule has 0 saturated carbocycles. The zero-order chi connectivity index (χ0) is 15.7. The molecule has 116 valence electrons. The fourth-order valence-electron chi connectivity index (χ4n) is 2.46. The van der Waals surface area contributed by atoms with Crippen LogP contribution in [0.25, 0.3) is 10.9 Å². The highest BCUT2D eigenvalue weighted by Gasteiger charge is 2.16. The first-order valence-corrected chi connectivity index (χ1v) is 9.43. The fourth-order valence-corrected chi connectivity index (χ4v) is 5.02. The molecule has 0 amide bonds. The first-order valence-electron chi connectivity index (χ1n) is 6.75. The van der Waals surface area contributed by atoms with Crippen LogP contribution in [0.15, 0.2) is 46.8 Å².